The highest BCUT2D eigenvalue weighted by Crippen LogP contribution is 2.13. The molecule has 0 aliphatic carbocycles. The first-order chi connectivity index (χ1) is 8.35. The minimum atomic E-state index is -0.573. The normalized spacial score (nSPS) is 14.9. The third-order valence-corrected chi connectivity index (χ3v) is 2.96. The number of esters is 1. The van der Waals surface area contributed by atoms with Crippen LogP contribution < -0.4 is 5.32 Å². The van der Waals surface area contributed by atoms with Crippen molar-refractivity contribution in [2.24, 2.45) is 5.92 Å². The van der Waals surface area contributed by atoms with Gasteiger partial charge in [0, 0.05) is 13.1 Å². The van der Waals surface area contributed by atoms with Gasteiger partial charge in [0.1, 0.15) is 5.54 Å². The number of carbonyl (C=O) groups excluding carboxylic acids is 1. The fraction of sp³-hybridized carbons (Fsp3) is 0.929. The molecule has 0 amide bonds. The van der Waals surface area contributed by atoms with Gasteiger partial charge in [-0.2, -0.15) is 0 Å². The van der Waals surface area contributed by atoms with E-state index in [9.17, 15) is 4.79 Å². The summed E-state index contributed by atoms with van der Waals surface area (Å²) in [5.74, 6) is 0.493. The van der Waals surface area contributed by atoms with Gasteiger partial charge in [0.2, 0.25) is 0 Å². The zero-order valence-electron chi connectivity index (χ0n) is 12.9. The molecule has 1 unspecified atom stereocenters. The second-order valence-corrected chi connectivity index (χ2v) is 5.49. The van der Waals surface area contributed by atoms with E-state index in [2.05, 4.69) is 31.1 Å². The van der Waals surface area contributed by atoms with Gasteiger partial charge in [0.15, 0.2) is 0 Å². The molecule has 18 heavy (non-hydrogen) atoms. The molecule has 0 fully saturated rings. The summed E-state index contributed by atoms with van der Waals surface area (Å²) in [4.78, 5) is 14.2. The zero-order valence-corrected chi connectivity index (χ0v) is 12.9. The summed E-state index contributed by atoms with van der Waals surface area (Å²) < 4.78 is 5.15. The third kappa shape index (κ3) is 6.36. The second-order valence-electron chi connectivity index (χ2n) is 5.49. The molecule has 1 atom stereocenters. The lowest BCUT2D eigenvalue weighted by Crippen LogP contribution is -2.52. The van der Waals surface area contributed by atoms with Gasteiger partial charge in [-0.25, -0.2) is 0 Å². The Kier molecular flexibility index (Phi) is 8.20. The van der Waals surface area contributed by atoms with Gasteiger partial charge in [0.25, 0.3) is 0 Å². The highest BCUT2D eigenvalue weighted by atomic mass is 16.5. The van der Waals surface area contributed by atoms with Crippen molar-refractivity contribution < 1.29 is 9.53 Å². The quantitative estimate of drug-likeness (QED) is 0.641. The van der Waals surface area contributed by atoms with Gasteiger partial charge in [-0.15, -0.1) is 0 Å². The maximum atomic E-state index is 12.0. The van der Waals surface area contributed by atoms with Crippen molar-refractivity contribution in [2.75, 3.05) is 33.3 Å². The number of carbonyl (C=O) groups is 1. The van der Waals surface area contributed by atoms with Crippen LogP contribution in [0.4, 0.5) is 0 Å². The fourth-order valence-electron chi connectivity index (χ4n) is 2.07. The molecule has 108 valence electrons. The molecule has 0 aromatic rings. The molecule has 4 nitrogen and oxygen atoms in total. The van der Waals surface area contributed by atoms with Crippen LogP contribution in [0.25, 0.3) is 0 Å². The van der Waals surface area contributed by atoms with Gasteiger partial charge in [-0.05, 0) is 39.8 Å². The van der Waals surface area contributed by atoms with Gasteiger partial charge >= 0.3 is 5.97 Å². The Morgan fingerprint density at radius 1 is 1.39 bits per heavy atom. The first-order valence-electron chi connectivity index (χ1n) is 6.96. The van der Waals surface area contributed by atoms with Crippen molar-refractivity contribution in [3.05, 3.63) is 0 Å². The maximum Gasteiger partial charge on any atom is 0.326 e. The summed E-state index contributed by atoms with van der Waals surface area (Å²) in [6.45, 7) is 13.3. The summed E-state index contributed by atoms with van der Waals surface area (Å²) >= 11 is 0. The molecule has 0 rings (SSSR count). The number of rotatable bonds is 9. The van der Waals surface area contributed by atoms with E-state index in [1.807, 2.05) is 20.8 Å². The topological polar surface area (TPSA) is 41.6 Å². The lowest BCUT2D eigenvalue weighted by Gasteiger charge is -2.30. The highest BCUT2D eigenvalue weighted by Gasteiger charge is 2.33. The number of nitrogens with one attached hydrogen (secondary N) is 1. The SMILES string of the molecule is CCNC(C)(CCN(C)CC(C)C)C(=O)OCC. The van der Waals surface area contributed by atoms with Gasteiger partial charge in [-0.3, -0.25) is 4.79 Å². The smallest absolute Gasteiger partial charge is 0.326 e. The Hall–Kier alpha value is -0.610. The van der Waals surface area contributed by atoms with E-state index < -0.39 is 5.54 Å². The fourth-order valence-corrected chi connectivity index (χ4v) is 2.07. The summed E-state index contributed by atoms with van der Waals surface area (Å²) in [6, 6.07) is 0. The van der Waals surface area contributed by atoms with E-state index >= 15 is 0 Å². The molecule has 0 heterocycles. The monoisotopic (exact) mass is 258 g/mol. The van der Waals surface area contributed by atoms with Crippen molar-refractivity contribution in [1.29, 1.82) is 0 Å². The van der Waals surface area contributed by atoms with Gasteiger partial charge in [0.05, 0.1) is 6.61 Å². The molecule has 0 spiro atoms. The van der Waals surface area contributed by atoms with Crippen LogP contribution in [0.3, 0.4) is 0 Å². The summed E-state index contributed by atoms with van der Waals surface area (Å²) in [7, 11) is 2.09. The van der Waals surface area contributed by atoms with Gasteiger partial charge in [-0.1, -0.05) is 20.8 Å². The number of nitrogens with zero attached hydrogens (tertiary/aromatic N) is 1. The second kappa shape index (κ2) is 8.48. The van der Waals surface area contributed by atoms with Crippen LogP contribution in [-0.4, -0.2) is 49.7 Å². The molecule has 0 aromatic heterocycles. The van der Waals surface area contributed by atoms with E-state index in [0.29, 0.717) is 12.5 Å². The van der Waals surface area contributed by atoms with Crippen LogP contribution in [0.5, 0.6) is 0 Å². The van der Waals surface area contributed by atoms with E-state index in [4.69, 9.17) is 4.74 Å². The molecule has 0 aliphatic rings. The van der Waals surface area contributed by atoms with Crippen LogP contribution in [0.1, 0.15) is 41.0 Å². The van der Waals surface area contributed by atoms with Gasteiger partial charge < -0.3 is 15.0 Å². The number of likely N-dealkylation sites (N-methyl/N-ethyl adjacent to an activating group) is 1. The van der Waals surface area contributed by atoms with Crippen LogP contribution in [0.15, 0.2) is 0 Å². The molecular weight excluding hydrogens is 228 g/mol. The zero-order chi connectivity index (χ0) is 14.2. The summed E-state index contributed by atoms with van der Waals surface area (Å²) in [5, 5.41) is 3.25. The first-order valence-corrected chi connectivity index (χ1v) is 6.96. The highest BCUT2D eigenvalue weighted by molar-refractivity contribution is 5.80. The van der Waals surface area contributed by atoms with E-state index in [-0.39, 0.29) is 5.97 Å². The molecule has 1 N–H and O–H groups in total. The van der Waals surface area contributed by atoms with Crippen molar-refractivity contribution in [3.8, 4) is 0 Å². The van der Waals surface area contributed by atoms with Crippen LogP contribution in [-0.2, 0) is 9.53 Å². The van der Waals surface area contributed by atoms with E-state index in [0.717, 1.165) is 26.1 Å². The molecule has 0 saturated heterocycles. The molecule has 0 bridgehead atoms. The standard InChI is InChI=1S/C14H30N2O2/c1-7-15-14(5,13(17)18-8-2)9-10-16(6)11-12(3)4/h12,15H,7-11H2,1-6H3. The van der Waals surface area contributed by atoms with Crippen molar-refractivity contribution in [1.82, 2.24) is 10.2 Å². The summed E-state index contributed by atoms with van der Waals surface area (Å²) in [5.41, 5.74) is -0.573. The average molecular weight is 258 g/mol. The number of hydrogen-bond acceptors (Lipinski definition) is 4. The Morgan fingerprint density at radius 3 is 2.44 bits per heavy atom. The number of hydrogen-bond donors (Lipinski definition) is 1. The first kappa shape index (κ1) is 17.4. The van der Waals surface area contributed by atoms with Crippen LogP contribution >= 0.6 is 0 Å². The lowest BCUT2D eigenvalue weighted by molar-refractivity contribution is -0.151. The Labute approximate surface area is 112 Å². The van der Waals surface area contributed by atoms with Crippen molar-refractivity contribution in [2.45, 2.75) is 46.6 Å². The average Bonchev–Trinajstić information content (AvgIpc) is 2.26. The molecule has 4 heteroatoms. The predicted molar refractivity (Wildman–Crippen MR) is 75.7 cm³/mol. The minimum Gasteiger partial charge on any atom is -0.465 e. The minimum absolute atomic E-state index is 0.148. The van der Waals surface area contributed by atoms with Crippen molar-refractivity contribution in [3.63, 3.8) is 0 Å². The van der Waals surface area contributed by atoms with Crippen LogP contribution in [0, 0.1) is 5.92 Å². The van der Waals surface area contributed by atoms with Crippen molar-refractivity contribution >= 4 is 5.97 Å². The molecule has 0 radical (unpaired) electrons. The molecule has 0 saturated carbocycles. The molecule has 0 aliphatic heterocycles. The van der Waals surface area contributed by atoms with E-state index in [1.54, 1.807) is 0 Å². The Morgan fingerprint density at radius 2 is 2.00 bits per heavy atom. The molecular formula is C14H30N2O2. The predicted octanol–water partition coefficient (Wildman–Crippen LogP) is 1.90. The Bertz CT molecular complexity index is 244. The largest absolute Gasteiger partial charge is 0.465 e. The summed E-state index contributed by atoms with van der Waals surface area (Å²) in [6.07, 6.45) is 0.767. The van der Waals surface area contributed by atoms with Crippen LogP contribution in [0.2, 0.25) is 0 Å². The lowest BCUT2D eigenvalue weighted by atomic mass is 9.97. The number of ether oxygens (including phenoxy) is 1. The Balaban J connectivity index is 4.38. The third-order valence-electron chi connectivity index (χ3n) is 2.96. The maximum absolute atomic E-state index is 12.0. The molecule has 0 aromatic carbocycles. The van der Waals surface area contributed by atoms with E-state index in [1.165, 1.54) is 0 Å².